The third-order valence-corrected chi connectivity index (χ3v) is 2.61. The van der Waals surface area contributed by atoms with E-state index in [0.717, 1.165) is 4.47 Å². The van der Waals surface area contributed by atoms with Crippen LogP contribution in [0.3, 0.4) is 0 Å². The number of nitriles is 2. The fourth-order valence-electron chi connectivity index (χ4n) is 1.33. The summed E-state index contributed by atoms with van der Waals surface area (Å²) in [6, 6.07) is 9.82. The van der Waals surface area contributed by atoms with Crippen molar-refractivity contribution in [3.63, 3.8) is 0 Å². The summed E-state index contributed by atoms with van der Waals surface area (Å²) in [5.41, 5.74) is 0.275. The molecule has 0 fully saturated rings. The highest BCUT2D eigenvalue weighted by Gasteiger charge is 2.14. The van der Waals surface area contributed by atoms with Crippen molar-refractivity contribution >= 4 is 21.5 Å². The number of alkyl halides is 2. The van der Waals surface area contributed by atoms with Gasteiger partial charge in [0.25, 0.3) is 0 Å². The van der Waals surface area contributed by atoms with Crippen molar-refractivity contribution in [1.29, 1.82) is 10.5 Å². The van der Waals surface area contributed by atoms with Gasteiger partial charge >= 0.3 is 0 Å². The van der Waals surface area contributed by atoms with E-state index in [4.69, 9.17) is 10.5 Å². The molecule has 0 aliphatic carbocycles. The van der Waals surface area contributed by atoms with E-state index < -0.39 is 12.8 Å². The van der Waals surface area contributed by atoms with Crippen molar-refractivity contribution in [2.75, 3.05) is 0 Å². The minimum atomic E-state index is -2.59. The summed E-state index contributed by atoms with van der Waals surface area (Å²) in [5, 5.41) is 17.5. The van der Waals surface area contributed by atoms with E-state index in [0.29, 0.717) is 5.56 Å². The monoisotopic (exact) mass is 296 g/mol. The van der Waals surface area contributed by atoms with E-state index >= 15 is 0 Å². The molecule has 0 unspecified atom stereocenters. The minimum absolute atomic E-state index is 0.0810. The number of hydrogen-bond donors (Lipinski definition) is 0. The Balaban J connectivity index is 3.26. The Kier molecular flexibility index (Phi) is 4.81. The molecular formula is C12H7BrF2N2. The largest absolute Gasteiger partial charge is 0.242 e. The SMILES string of the molecule is N#CC(C#N)=C(CC(F)F)c1ccc(Br)cc1. The van der Waals surface area contributed by atoms with Gasteiger partial charge in [-0.05, 0) is 23.3 Å². The standard InChI is InChI=1S/C12H7BrF2N2/c13-10-3-1-8(2-4-10)11(5-12(14)15)9(6-16)7-17/h1-4,12H,5H2. The number of rotatable bonds is 3. The molecule has 1 rings (SSSR count). The average molecular weight is 297 g/mol. The van der Waals surface area contributed by atoms with Crippen LogP contribution in [0.4, 0.5) is 8.78 Å². The normalized spacial score (nSPS) is 9.53. The van der Waals surface area contributed by atoms with Gasteiger partial charge in [0.1, 0.15) is 17.7 Å². The molecule has 2 nitrogen and oxygen atoms in total. The van der Waals surface area contributed by atoms with Crippen molar-refractivity contribution in [1.82, 2.24) is 0 Å². The summed E-state index contributed by atoms with van der Waals surface area (Å²) >= 11 is 3.22. The second-order valence-corrected chi connectivity index (χ2v) is 4.09. The van der Waals surface area contributed by atoms with E-state index in [1.54, 1.807) is 36.4 Å². The molecule has 86 valence electrons. The van der Waals surface area contributed by atoms with Crippen LogP contribution in [0.5, 0.6) is 0 Å². The molecule has 0 amide bonds. The molecule has 0 radical (unpaired) electrons. The first-order valence-corrected chi connectivity index (χ1v) is 5.45. The van der Waals surface area contributed by atoms with E-state index in [1.807, 2.05) is 0 Å². The van der Waals surface area contributed by atoms with Crippen LogP contribution in [0, 0.1) is 22.7 Å². The Morgan fingerprint density at radius 1 is 1.18 bits per heavy atom. The average Bonchev–Trinajstić information content (AvgIpc) is 2.30. The minimum Gasteiger partial charge on any atom is -0.210 e. The van der Waals surface area contributed by atoms with Crippen LogP contribution < -0.4 is 0 Å². The fourth-order valence-corrected chi connectivity index (χ4v) is 1.59. The predicted molar refractivity (Wildman–Crippen MR) is 62.9 cm³/mol. The molecule has 0 spiro atoms. The lowest BCUT2D eigenvalue weighted by atomic mass is 9.98. The van der Waals surface area contributed by atoms with Gasteiger partial charge in [0, 0.05) is 10.9 Å². The summed E-state index contributed by atoms with van der Waals surface area (Å²) in [6.45, 7) is 0. The summed E-state index contributed by atoms with van der Waals surface area (Å²) in [5.74, 6) is 0. The summed E-state index contributed by atoms with van der Waals surface area (Å²) in [7, 11) is 0. The van der Waals surface area contributed by atoms with Crippen LogP contribution in [0.1, 0.15) is 12.0 Å². The van der Waals surface area contributed by atoms with E-state index in [-0.39, 0.29) is 11.1 Å². The van der Waals surface area contributed by atoms with Crippen molar-refractivity contribution in [3.05, 3.63) is 39.9 Å². The molecule has 1 aromatic carbocycles. The molecule has 0 aliphatic rings. The van der Waals surface area contributed by atoms with Crippen LogP contribution in [0.25, 0.3) is 5.57 Å². The number of halogens is 3. The number of hydrogen-bond acceptors (Lipinski definition) is 2. The van der Waals surface area contributed by atoms with Gasteiger partial charge in [0.05, 0.1) is 0 Å². The van der Waals surface area contributed by atoms with E-state index in [9.17, 15) is 8.78 Å². The van der Waals surface area contributed by atoms with E-state index in [1.165, 1.54) is 0 Å². The topological polar surface area (TPSA) is 47.6 Å². The summed E-state index contributed by atoms with van der Waals surface area (Å²) in [4.78, 5) is 0. The fraction of sp³-hybridized carbons (Fsp3) is 0.167. The van der Waals surface area contributed by atoms with Crippen molar-refractivity contribution in [3.8, 4) is 12.1 Å². The first-order chi connectivity index (χ1) is 8.08. The molecule has 0 N–H and O–H groups in total. The molecule has 0 saturated carbocycles. The lowest BCUT2D eigenvalue weighted by Gasteiger charge is -2.07. The molecule has 0 bridgehead atoms. The molecule has 0 atom stereocenters. The first kappa shape index (κ1) is 13.3. The Morgan fingerprint density at radius 3 is 2.12 bits per heavy atom. The van der Waals surface area contributed by atoms with Crippen LogP contribution in [0.15, 0.2) is 34.3 Å². The summed E-state index contributed by atoms with van der Waals surface area (Å²) < 4.78 is 25.6. The maximum atomic E-state index is 12.4. The number of benzene rings is 1. The lowest BCUT2D eigenvalue weighted by molar-refractivity contribution is 0.155. The van der Waals surface area contributed by atoms with Gasteiger partial charge < -0.3 is 0 Å². The first-order valence-electron chi connectivity index (χ1n) is 4.66. The molecule has 0 aromatic heterocycles. The molecule has 1 aromatic rings. The molecule has 0 heterocycles. The quantitative estimate of drug-likeness (QED) is 0.794. The zero-order valence-electron chi connectivity index (χ0n) is 8.62. The van der Waals surface area contributed by atoms with Gasteiger partial charge in [-0.2, -0.15) is 10.5 Å². The maximum Gasteiger partial charge on any atom is 0.242 e. The van der Waals surface area contributed by atoms with Crippen LogP contribution >= 0.6 is 15.9 Å². The zero-order valence-corrected chi connectivity index (χ0v) is 10.2. The van der Waals surface area contributed by atoms with Gasteiger partial charge in [-0.15, -0.1) is 0 Å². The van der Waals surface area contributed by atoms with Gasteiger partial charge in [-0.3, -0.25) is 0 Å². The lowest BCUT2D eigenvalue weighted by Crippen LogP contribution is -1.97. The zero-order chi connectivity index (χ0) is 12.8. The number of allylic oxidation sites excluding steroid dienone is 2. The third kappa shape index (κ3) is 3.65. The van der Waals surface area contributed by atoms with Crippen LogP contribution in [0.2, 0.25) is 0 Å². The highest BCUT2D eigenvalue weighted by molar-refractivity contribution is 9.10. The van der Waals surface area contributed by atoms with Crippen molar-refractivity contribution in [2.24, 2.45) is 0 Å². The Hall–Kier alpha value is -1.72. The van der Waals surface area contributed by atoms with E-state index in [2.05, 4.69) is 15.9 Å². The smallest absolute Gasteiger partial charge is 0.210 e. The van der Waals surface area contributed by atoms with Gasteiger partial charge in [0.15, 0.2) is 0 Å². The Labute approximate surface area is 106 Å². The predicted octanol–water partition coefficient (Wildman–Crippen LogP) is 3.91. The third-order valence-electron chi connectivity index (χ3n) is 2.08. The second-order valence-electron chi connectivity index (χ2n) is 3.18. The number of nitrogens with zero attached hydrogens (tertiary/aromatic N) is 2. The van der Waals surface area contributed by atoms with Crippen molar-refractivity contribution < 1.29 is 8.78 Å². The molecule has 5 heteroatoms. The molecular weight excluding hydrogens is 290 g/mol. The Morgan fingerprint density at radius 2 is 1.71 bits per heavy atom. The molecule has 17 heavy (non-hydrogen) atoms. The Bertz CT molecular complexity index is 491. The van der Waals surface area contributed by atoms with Gasteiger partial charge in [0.2, 0.25) is 6.43 Å². The van der Waals surface area contributed by atoms with Gasteiger partial charge in [-0.1, -0.05) is 28.1 Å². The highest BCUT2D eigenvalue weighted by Crippen LogP contribution is 2.26. The highest BCUT2D eigenvalue weighted by atomic mass is 79.9. The maximum absolute atomic E-state index is 12.4. The van der Waals surface area contributed by atoms with Crippen molar-refractivity contribution in [2.45, 2.75) is 12.8 Å². The van der Waals surface area contributed by atoms with Crippen LogP contribution in [-0.2, 0) is 0 Å². The van der Waals surface area contributed by atoms with Crippen LogP contribution in [-0.4, -0.2) is 6.43 Å². The molecule has 0 aliphatic heterocycles. The summed E-state index contributed by atoms with van der Waals surface area (Å²) in [6.07, 6.45) is -3.19. The molecule has 0 saturated heterocycles. The second kappa shape index (κ2) is 6.12. The van der Waals surface area contributed by atoms with Gasteiger partial charge in [-0.25, -0.2) is 8.78 Å².